The summed E-state index contributed by atoms with van der Waals surface area (Å²) in [5.41, 5.74) is 0.405. The van der Waals surface area contributed by atoms with Gasteiger partial charge in [0.2, 0.25) is 0 Å². The van der Waals surface area contributed by atoms with Crippen molar-refractivity contribution < 1.29 is 19.1 Å². The second-order valence-electron chi connectivity index (χ2n) is 4.60. The molecule has 0 rings (SSSR count). The molecule has 0 aliphatic rings. The lowest BCUT2D eigenvalue weighted by Gasteiger charge is -2.37. The number of aliphatic hydroxyl groups is 1. The topological polar surface area (TPSA) is 46.5 Å². The van der Waals surface area contributed by atoms with Crippen molar-refractivity contribution in [1.29, 1.82) is 0 Å². The van der Waals surface area contributed by atoms with Gasteiger partial charge in [0.15, 0.2) is 0 Å². The van der Waals surface area contributed by atoms with E-state index in [4.69, 9.17) is 16.3 Å². The number of quaternary nitrogens is 1. The van der Waals surface area contributed by atoms with E-state index in [-0.39, 0.29) is 11.8 Å². The summed E-state index contributed by atoms with van der Waals surface area (Å²) < 4.78 is 5.80. The van der Waals surface area contributed by atoms with Gasteiger partial charge in [-0.05, 0) is 20.8 Å². The normalized spacial score (nSPS) is 13.2. The zero-order valence-electron chi connectivity index (χ0n) is 11.6. The van der Waals surface area contributed by atoms with E-state index in [1.54, 1.807) is 6.92 Å². The van der Waals surface area contributed by atoms with E-state index >= 15 is 0 Å². The summed E-state index contributed by atoms with van der Waals surface area (Å²) in [5, 5.41) is 9.68. The molecule has 0 aliphatic carbocycles. The molecule has 0 aromatic rings. The van der Waals surface area contributed by atoms with Crippen LogP contribution in [0.15, 0.2) is 12.2 Å². The molecule has 0 aromatic heterocycles. The molecule has 18 heavy (non-hydrogen) atoms. The molecule has 1 N–H and O–H groups in total. The van der Waals surface area contributed by atoms with Gasteiger partial charge in [-0.1, -0.05) is 6.58 Å². The molecule has 0 aliphatic heterocycles. The number of halogens is 1. The third-order valence-corrected chi connectivity index (χ3v) is 3.62. The summed E-state index contributed by atoms with van der Waals surface area (Å²) >= 11 is 5.64. The highest BCUT2D eigenvalue weighted by Crippen LogP contribution is 2.09. The van der Waals surface area contributed by atoms with Crippen LogP contribution in [0.1, 0.15) is 20.8 Å². The maximum Gasteiger partial charge on any atom is 0.333 e. The highest BCUT2D eigenvalue weighted by Gasteiger charge is 2.26. The number of rotatable bonds is 9. The second kappa shape index (κ2) is 8.51. The number of carbonyl (C=O) groups excluding carboxylic acids is 1. The molecule has 4 nitrogen and oxygen atoms in total. The van der Waals surface area contributed by atoms with Crippen LogP contribution < -0.4 is 0 Å². The van der Waals surface area contributed by atoms with Crippen molar-refractivity contribution in [2.45, 2.75) is 26.9 Å². The van der Waals surface area contributed by atoms with Gasteiger partial charge in [0.25, 0.3) is 0 Å². The summed E-state index contributed by atoms with van der Waals surface area (Å²) in [6, 6.07) is 0. The monoisotopic (exact) mass is 278 g/mol. The Morgan fingerprint density at radius 2 is 2.00 bits per heavy atom. The molecule has 0 aromatic carbocycles. The molecule has 0 heterocycles. The van der Waals surface area contributed by atoms with Crippen molar-refractivity contribution in [2.24, 2.45) is 0 Å². The van der Waals surface area contributed by atoms with E-state index in [0.717, 1.165) is 13.1 Å². The quantitative estimate of drug-likeness (QED) is 0.301. The molecule has 0 radical (unpaired) electrons. The van der Waals surface area contributed by atoms with Gasteiger partial charge in [-0.15, -0.1) is 11.6 Å². The number of alkyl halides is 1. The number of carbonyl (C=O) groups is 1. The molecule has 1 atom stereocenters. The summed E-state index contributed by atoms with van der Waals surface area (Å²) in [7, 11) is 0. The Morgan fingerprint density at radius 3 is 2.39 bits per heavy atom. The Kier molecular flexibility index (Phi) is 8.24. The summed E-state index contributed by atoms with van der Waals surface area (Å²) in [5.74, 6) is -0.135. The van der Waals surface area contributed by atoms with Gasteiger partial charge < -0.3 is 14.3 Å². The highest BCUT2D eigenvalue weighted by atomic mass is 35.5. The van der Waals surface area contributed by atoms with Gasteiger partial charge in [0.1, 0.15) is 25.8 Å². The first-order chi connectivity index (χ1) is 8.40. The zero-order valence-corrected chi connectivity index (χ0v) is 12.4. The van der Waals surface area contributed by atoms with E-state index in [1.165, 1.54) is 0 Å². The molecule has 0 fully saturated rings. The first kappa shape index (κ1) is 17.4. The SMILES string of the molecule is C=C(C)C(=O)OCC[N+](CC)(CC)CC(O)CCl. The number of aliphatic hydroxyl groups excluding tert-OH is 1. The largest absolute Gasteiger partial charge is 0.456 e. The minimum atomic E-state index is -0.525. The molecular weight excluding hydrogens is 254 g/mol. The van der Waals surface area contributed by atoms with Gasteiger partial charge in [0, 0.05) is 5.57 Å². The summed E-state index contributed by atoms with van der Waals surface area (Å²) in [6.07, 6.45) is -0.525. The third kappa shape index (κ3) is 5.85. The predicted octanol–water partition coefficient (Wildman–Crippen LogP) is 1.56. The Balaban J connectivity index is 4.34. The smallest absolute Gasteiger partial charge is 0.333 e. The fourth-order valence-electron chi connectivity index (χ4n) is 1.84. The average Bonchev–Trinajstić information content (AvgIpc) is 2.36. The van der Waals surface area contributed by atoms with Gasteiger partial charge in [-0.25, -0.2) is 4.79 Å². The molecule has 5 heteroatoms. The maximum absolute atomic E-state index is 11.3. The van der Waals surface area contributed by atoms with E-state index < -0.39 is 6.10 Å². The molecule has 1 unspecified atom stereocenters. The lowest BCUT2D eigenvalue weighted by Crippen LogP contribution is -2.54. The number of hydrogen-bond donors (Lipinski definition) is 1. The first-order valence-corrected chi connectivity index (χ1v) is 6.86. The van der Waals surface area contributed by atoms with Crippen LogP contribution in [-0.2, 0) is 9.53 Å². The van der Waals surface area contributed by atoms with Crippen LogP contribution in [0.2, 0.25) is 0 Å². The zero-order chi connectivity index (χ0) is 14.2. The highest BCUT2D eigenvalue weighted by molar-refractivity contribution is 6.18. The van der Waals surface area contributed by atoms with Crippen LogP contribution in [0.25, 0.3) is 0 Å². The first-order valence-electron chi connectivity index (χ1n) is 6.32. The Labute approximate surface area is 115 Å². The Morgan fingerprint density at radius 1 is 1.44 bits per heavy atom. The van der Waals surface area contributed by atoms with Gasteiger partial charge in [0.05, 0.1) is 19.0 Å². The minimum Gasteiger partial charge on any atom is -0.456 e. The predicted molar refractivity (Wildman–Crippen MR) is 73.6 cm³/mol. The number of ether oxygens (including phenoxy) is 1. The molecule has 0 saturated heterocycles. The molecular formula is C13H25ClNO3+. The van der Waals surface area contributed by atoms with Gasteiger partial charge in [-0.3, -0.25) is 0 Å². The minimum absolute atomic E-state index is 0.228. The Bertz CT molecular complexity index is 277. The van der Waals surface area contributed by atoms with Gasteiger partial charge >= 0.3 is 5.97 Å². The van der Waals surface area contributed by atoms with E-state index in [9.17, 15) is 9.90 Å². The molecule has 106 valence electrons. The van der Waals surface area contributed by atoms with Crippen molar-refractivity contribution in [2.75, 3.05) is 38.7 Å². The van der Waals surface area contributed by atoms with E-state index in [1.807, 2.05) is 0 Å². The molecule has 0 amide bonds. The number of nitrogens with zero attached hydrogens (tertiary/aromatic N) is 1. The molecule has 0 saturated carbocycles. The van der Waals surface area contributed by atoms with Crippen molar-refractivity contribution in [3.05, 3.63) is 12.2 Å². The van der Waals surface area contributed by atoms with Crippen LogP contribution in [0.3, 0.4) is 0 Å². The number of likely N-dealkylation sites (N-methyl/N-ethyl adjacent to an activating group) is 1. The number of esters is 1. The van der Waals surface area contributed by atoms with Crippen molar-refractivity contribution in [3.63, 3.8) is 0 Å². The fourth-order valence-corrected chi connectivity index (χ4v) is 1.94. The Hall–Kier alpha value is -0.580. The lowest BCUT2D eigenvalue weighted by atomic mass is 10.2. The van der Waals surface area contributed by atoms with Gasteiger partial charge in [-0.2, -0.15) is 0 Å². The fraction of sp³-hybridized carbons (Fsp3) is 0.769. The van der Waals surface area contributed by atoms with Crippen LogP contribution in [0, 0.1) is 0 Å². The van der Waals surface area contributed by atoms with Crippen LogP contribution in [0.4, 0.5) is 0 Å². The summed E-state index contributed by atoms with van der Waals surface area (Å²) in [4.78, 5) is 11.3. The maximum atomic E-state index is 11.3. The summed E-state index contributed by atoms with van der Waals surface area (Å²) in [6.45, 7) is 12.6. The third-order valence-electron chi connectivity index (χ3n) is 3.27. The molecule has 0 bridgehead atoms. The van der Waals surface area contributed by atoms with Crippen molar-refractivity contribution >= 4 is 17.6 Å². The van der Waals surface area contributed by atoms with Crippen LogP contribution in [-0.4, -0.2) is 60.3 Å². The van der Waals surface area contributed by atoms with Crippen LogP contribution in [0.5, 0.6) is 0 Å². The average molecular weight is 279 g/mol. The van der Waals surface area contributed by atoms with Crippen molar-refractivity contribution in [3.8, 4) is 0 Å². The second-order valence-corrected chi connectivity index (χ2v) is 4.91. The van der Waals surface area contributed by atoms with E-state index in [2.05, 4.69) is 20.4 Å². The van der Waals surface area contributed by atoms with E-state index in [0.29, 0.717) is 29.8 Å². The van der Waals surface area contributed by atoms with Crippen molar-refractivity contribution in [1.82, 2.24) is 0 Å². The molecule has 0 spiro atoms. The lowest BCUT2D eigenvalue weighted by molar-refractivity contribution is -0.927. The van der Waals surface area contributed by atoms with Crippen LogP contribution >= 0.6 is 11.6 Å². The standard InChI is InChI=1S/C13H25ClNO3/c1-5-15(6-2,10-12(16)9-14)7-8-18-13(17)11(3)4/h12,16H,3,5-10H2,1-2,4H3/q+1. The number of hydrogen-bond acceptors (Lipinski definition) is 3.